The molecule has 4 aromatic rings. The fourth-order valence-electron chi connectivity index (χ4n) is 4.94. The van der Waals surface area contributed by atoms with Crippen LogP contribution in [0.3, 0.4) is 0 Å². The number of ether oxygens (including phenoxy) is 5. The number of benzene rings is 4. The van der Waals surface area contributed by atoms with Gasteiger partial charge in [0, 0.05) is 0 Å². The zero-order valence-corrected chi connectivity index (χ0v) is 25.8. The Morgan fingerprint density at radius 1 is 0.609 bits per heavy atom. The maximum absolute atomic E-state index is 13.5. The van der Waals surface area contributed by atoms with E-state index in [0.717, 1.165) is 0 Å². The van der Waals surface area contributed by atoms with E-state index in [1.54, 1.807) is 121 Å². The Hall–Kier alpha value is -4.93. The molecule has 1 unspecified atom stereocenters. The fraction of sp³-hybridized carbons (Fsp3) is 0.222. The lowest BCUT2D eigenvalue weighted by molar-refractivity contribution is -0.0724. The number of carbonyl (C=O) groups is 4. The van der Waals surface area contributed by atoms with Gasteiger partial charge in [0.1, 0.15) is 19.3 Å². The van der Waals surface area contributed by atoms with Crippen LogP contribution in [0.5, 0.6) is 0 Å². The number of hydrogen-bond donors (Lipinski definition) is 0. The van der Waals surface area contributed by atoms with Crippen molar-refractivity contribution in [3.63, 3.8) is 0 Å². The lowest BCUT2D eigenvalue weighted by Gasteiger charge is -2.33. The second-order valence-electron chi connectivity index (χ2n) is 10.2. The van der Waals surface area contributed by atoms with Gasteiger partial charge in [0.05, 0.1) is 22.3 Å². The van der Waals surface area contributed by atoms with Gasteiger partial charge >= 0.3 is 23.9 Å². The van der Waals surface area contributed by atoms with Crippen LogP contribution in [0.25, 0.3) is 0 Å². The molecule has 0 spiro atoms. The average molecular weight is 641 g/mol. The summed E-state index contributed by atoms with van der Waals surface area (Å²) >= 11 is 1.22. The lowest BCUT2D eigenvalue weighted by Crippen LogP contribution is -2.49. The summed E-state index contributed by atoms with van der Waals surface area (Å²) in [6.45, 7) is 1.14. The molecule has 1 fully saturated rings. The molecular formula is C36H32O9S. The molecule has 1 aliphatic heterocycles. The van der Waals surface area contributed by atoms with Crippen LogP contribution >= 0.6 is 11.8 Å². The fourth-order valence-corrected chi connectivity index (χ4v) is 6.11. The van der Waals surface area contributed by atoms with Crippen molar-refractivity contribution in [3.05, 3.63) is 144 Å². The van der Waals surface area contributed by atoms with Crippen LogP contribution in [0.4, 0.5) is 0 Å². The number of thioether (sulfide) groups is 1. The second-order valence-corrected chi connectivity index (χ2v) is 11.8. The van der Waals surface area contributed by atoms with Gasteiger partial charge in [-0.1, -0.05) is 79.7 Å². The highest BCUT2D eigenvalue weighted by atomic mass is 32.2. The van der Waals surface area contributed by atoms with Gasteiger partial charge in [-0.15, -0.1) is 11.8 Å². The van der Waals surface area contributed by atoms with Crippen molar-refractivity contribution in [2.24, 2.45) is 0 Å². The first-order valence-corrected chi connectivity index (χ1v) is 15.7. The average Bonchev–Trinajstić information content (AvgIpc) is 3.38. The van der Waals surface area contributed by atoms with Gasteiger partial charge < -0.3 is 23.7 Å². The highest BCUT2D eigenvalue weighted by Crippen LogP contribution is 2.44. The van der Waals surface area contributed by atoms with E-state index in [1.165, 1.54) is 11.8 Å². The van der Waals surface area contributed by atoms with E-state index in [4.69, 9.17) is 23.7 Å². The highest BCUT2D eigenvalue weighted by molar-refractivity contribution is 8.00. The summed E-state index contributed by atoms with van der Waals surface area (Å²) in [5.41, 5.74) is 1.14. The Bertz CT molecular complexity index is 1620. The molecule has 9 nitrogen and oxygen atoms in total. The quantitative estimate of drug-likeness (QED) is 0.135. The third-order valence-corrected chi connectivity index (χ3v) is 8.36. The van der Waals surface area contributed by atoms with Crippen LogP contribution in [0.15, 0.2) is 121 Å². The molecule has 0 saturated carbocycles. The highest BCUT2D eigenvalue weighted by Gasteiger charge is 2.61. The Morgan fingerprint density at radius 2 is 1.02 bits per heavy atom. The SMILES string of the molecule is CCSC1(COC(=O)c2ccccc2)O[C@H](COC(=O)c2ccccc2)[C@@H](OC(=O)c2ccccc2)[C@@H]1OC(=O)c1ccccc1. The maximum Gasteiger partial charge on any atom is 0.338 e. The monoisotopic (exact) mass is 640 g/mol. The van der Waals surface area contributed by atoms with Gasteiger partial charge in [-0.3, -0.25) is 0 Å². The largest absolute Gasteiger partial charge is 0.459 e. The van der Waals surface area contributed by atoms with E-state index >= 15 is 0 Å². The summed E-state index contributed by atoms with van der Waals surface area (Å²) < 4.78 is 30.0. The number of esters is 4. The molecule has 5 rings (SSSR count). The predicted octanol–water partition coefficient (Wildman–Crippen LogP) is 6.00. The van der Waals surface area contributed by atoms with E-state index in [-0.39, 0.29) is 24.3 Å². The van der Waals surface area contributed by atoms with Crippen molar-refractivity contribution in [2.75, 3.05) is 19.0 Å². The van der Waals surface area contributed by atoms with Crippen molar-refractivity contribution < 1.29 is 42.9 Å². The molecule has 1 saturated heterocycles. The minimum atomic E-state index is -1.53. The van der Waals surface area contributed by atoms with E-state index in [2.05, 4.69) is 0 Å². The first kappa shape index (κ1) is 32.5. The third kappa shape index (κ3) is 7.82. The molecule has 0 N–H and O–H groups in total. The number of rotatable bonds is 12. The van der Waals surface area contributed by atoms with Crippen LogP contribution in [0.1, 0.15) is 48.4 Å². The molecule has 4 aromatic carbocycles. The van der Waals surface area contributed by atoms with E-state index in [9.17, 15) is 19.2 Å². The molecule has 0 radical (unpaired) electrons. The topological polar surface area (TPSA) is 114 Å². The van der Waals surface area contributed by atoms with E-state index in [0.29, 0.717) is 16.9 Å². The summed E-state index contributed by atoms with van der Waals surface area (Å²) in [5.74, 6) is -2.20. The molecular weight excluding hydrogens is 608 g/mol. The third-order valence-electron chi connectivity index (χ3n) is 7.14. The first-order valence-electron chi connectivity index (χ1n) is 14.7. The molecule has 0 aliphatic carbocycles. The first-order chi connectivity index (χ1) is 22.4. The van der Waals surface area contributed by atoms with Crippen LogP contribution < -0.4 is 0 Å². The summed E-state index contributed by atoms with van der Waals surface area (Å²) in [4.78, 5) is 51.3. The van der Waals surface area contributed by atoms with Crippen LogP contribution in [-0.2, 0) is 23.7 Å². The maximum atomic E-state index is 13.5. The lowest BCUT2D eigenvalue weighted by atomic mass is 10.1. The Morgan fingerprint density at radius 3 is 1.48 bits per heavy atom. The van der Waals surface area contributed by atoms with Gasteiger partial charge in [0.2, 0.25) is 0 Å². The molecule has 236 valence electrons. The molecule has 0 amide bonds. The summed E-state index contributed by atoms with van der Waals surface area (Å²) in [5, 5.41) is 0. The van der Waals surface area contributed by atoms with Crippen molar-refractivity contribution >= 4 is 35.6 Å². The van der Waals surface area contributed by atoms with Crippen LogP contribution in [0.2, 0.25) is 0 Å². The molecule has 0 bridgehead atoms. The van der Waals surface area contributed by atoms with Gasteiger partial charge in [0.15, 0.2) is 17.1 Å². The zero-order valence-electron chi connectivity index (χ0n) is 25.0. The minimum absolute atomic E-state index is 0.256. The number of carbonyl (C=O) groups excluding carboxylic acids is 4. The zero-order chi connectivity index (χ0) is 32.4. The standard InChI is InChI=1S/C36H32O9S/c1-2-46-36(24-42-33(38)26-17-9-4-10-18-26)31(44-35(40)28-21-13-6-14-22-28)30(43-34(39)27-19-11-5-12-20-27)29(45-36)23-41-32(37)25-15-7-3-8-16-25/h3-22,29-31H,2,23-24H2,1H3/t29-,30-,31+,36?/m1/s1. The molecule has 1 heterocycles. The van der Waals surface area contributed by atoms with Gasteiger partial charge in [-0.2, -0.15) is 0 Å². The predicted molar refractivity (Wildman–Crippen MR) is 170 cm³/mol. The van der Waals surface area contributed by atoms with Gasteiger partial charge in [-0.25, -0.2) is 19.2 Å². The van der Waals surface area contributed by atoms with E-state index < -0.39 is 47.1 Å². The van der Waals surface area contributed by atoms with Gasteiger partial charge in [0.25, 0.3) is 0 Å². The summed E-state index contributed by atoms with van der Waals surface area (Å²) in [6, 6.07) is 33.4. The number of hydrogen-bond acceptors (Lipinski definition) is 10. The minimum Gasteiger partial charge on any atom is -0.459 e. The Balaban J connectivity index is 1.50. The van der Waals surface area contributed by atoms with Crippen molar-refractivity contribution in [3.8, 4) is 0 Å². The van der Waals surface area contributed by atoms with E-state index in [1.807, 2.05) is 6.92 Å². The Kier molecular flexibility index (Phi) is 10.9. The van der Waals surface area contributed by atoms with Crippen molar-refractivity contribution in [1.29, 1.82) is 0 Å². The van der Waals surface area contributed by atoms with Crippen LogP contribution in [-0.4, -0.2) is 66.1 Å². The molecule has 0 aromatic heterocycles. The summed E-state index contributed by atoms with van der Waals surface area (Å²) in [7, 11) is 0. The molecule has 4 atom stereocenters. The molecule has 46 heavy (non-hydrogen) atoms. The molecule has 10 heteroatoms. The van der Waals surface area contributed by atoms with Crippen molar-refractivity contribution in [2.45, 2.75) is 30.2 Å². The second kappa shape index (κ2) is 15.4. The van der Waals surface area contributed by atoms with Crippen molar-refractivity contribution in [1.82, 2.24) is 0 Å². The van der Waals surface area contributed by atoms with Gasteiger partial charge in [-0.05, 0) is 54.3 Å². The normalized spacial score (nSPS) is 20.3. The summed E-state index contributed by atoms with van der Waals surface area (Å²) in [6.07, 6.45) is -3.62. The smallest absolute Gasteiger partial charge is 0.338 e. The Labute approximate surface area is 270 Å². The molecule has 1 aliphatic rings. The van der Waals surface area contributed by atoms with Crippen LogP contribution in [0, 0.1) is 0 Å².